The van der Waals surface area contributed by atoms with Gasteiger partial charge in [0.15, 0.2) is 0 Å². The van der Waals surface area contributed by atoms with Crippen molar-refractivity contribution in [2.24, 2.45) is 0 Å². The molecule has 0 saturated heterocycles. The molecule has 0 spiro atoms. The van der Waals surface area contributed by atoms with Crippen molar-refractivity contribution in [3.63, 3.8) is 0 Å². The van der Waals surface area contributed by atoms with Crippen LogP contribution < -0.4 is 0 Å². The molecule has 39 heavy (non-hydrogen) atoms. The van der Waals surface area contributed by atoms with E-state index in [4.69, 9.17) is 0 Å². The van der Waals surface area contributed by atoms with Crippen LogP contribution in [0.1, 0.15) is 183 Å². The monoisotopic (exact) mass is 533 g/mol. The second-order valence-corrected chi connectivity index (χ2v) is 19.0. The van der Waals surface area contributed by atoms with Gasteiger partial charge in [0, 0.05) is 5.41 Å². The third-order valence-electron chi connectivity index (χ3n) is 8.44. The van der Waals surface area contributed by atoms with Crippen LogP contribution in [-0.4, -0.2) is 0 Å². The van der Waals surface area contributed by atoms with E-state index < -0.39 is 0 Å². The fourth-order valence-corrected chi connectivity index (χ4v) is 6.36. The molecule has 0 bridgehead atoms. The van der Waals surface area contributed by atoms with Crippen molar-refractivity contribution in [3.8, 4) is 0 Å². The van der Waals surface area contributed by atoms with Crippen molar-refractivity contribution in [2.75, 3.05) is 0 Å². The Balaban J connectivity index is 3.39. The Kier molecular flexibility index (Phi) is 8.43. The van der Waals surface area contributed by atoms with Gasteiger partial charge in [-0.05, 0) is 77.0 Å². The summed E-state index contributed by atoms with van der Waals surface area (Å²) in [6.07, 6.45) is 0. The van der Waals surface area contributed by atoms with Gasteiger partial charge in [-0.1, -0.05) is 163 Å². The SMILES string of the molecule is CC(C)(C)c1ccc(C(C)(C)C)c(C(C)(C)c2c(C(C)(C)C)cc(C(C)(C)C)c(C(C)(C)C)c2C(C)(C)C)c1. The molecule has 0 aliphatic rings. The molecule has 220 valence electrons. The first-order valence-corrected chi connectivity index (χ1v) is 15.3. The molecule has 2 aromatic carbocycles. The molecule has 0 saturated carbocycles. The Morgan fingerprint density at radius 2 is 0.692 bits per heavy atom. The van der Waals surface area contributed by atoms with E-state index in [9.17, 15) is 0 Å². The van der Waals surface area contributed by atoms with Gasteiger partial charge in [0.2, 0.25) is 0 Å². The van der Waals surface area contributed by atoms with Crippen LogP contribution in [0, 0.1) is 0 Å². The molecular weight excluding hydrogens is 468 g/mol. The van der Waals surface area contributed by atoms with Crippen LogP contribution >= 0.6 is 0 Å². The van der Waals surface area contributed by atoms with Crippen LogP contribution in [0.15, 0.2) is 24.3 Å². The fourth-order valence-electron chi connectivity index (χ4n) is 6.36. The number of hydrogen-bond acceptors (Lipinski definition) is 0. The first-order chi connectivity index (χ1) is 16.9. The minimum absolute atomic E-state index is 0.00650. The van der Waals surface area contributed by atoms with E-state index in [-0.39, 0.29) is 37.9 Å². The molecule has 0 unspecified atom stereocenters. The van der Waals surface area contributed by atoms with E-state index in [0.717, 1.165) is 0 Å². The molecule has 0 radical (unpaired) electrons. The van der Waals surface area contributed by atoms with Gasteiger partial charge >= 0.3 is 0 Å². The lowest BCUT2D eigenvalue weighted by atomic mass is 9.58. The predicted octanol–water partition coefficient (Wildman–Crippen LogP) is 11.8. The summed E-state index contributed by atoms with van der Waals surface area (Å²) in [5.74, 6) is 0. The molecule has 0 heteroatoms. The average Bonchev–Trinajstić information content (AvgIpc) is 2.67. The Labute approximate surface area is 244 Å². The van der Waals surface area contributed by atoms with Crippen molar-refractivity contribution in [2.45, 2.75) is 176 Å². The minimum atomic E-state index is -0.189. The summed E-state index contributed by atoms with van der Waals surface area (Å²) in [5, 5.41) is 0. The standard InChI is InChI=1S/C39H64/c1-33(2,3)25-21-22-26(34(4,5)6)27(23-25)39(19,20)31-29(36(10,11)12)24-28(35(7,8)9)30(37(13,14)15)32(31)38(16,17)18/h21-24H,1-20H3. The van der Waals surface area contributed by atoms with Crippen molar-refractivity contribution < 1.29 is 0 Å². The summed E-state index contributed by atoms with van der Waals surface area (Å²) in [7, 11) is 0. The van der Waals surface area contributed by atoms with Crippen LogP contribution in [0.3, 0.4) is 0 Å². The highest BCUT2D eigenvalue weighted by Crippen LogP contribution is 2.52. The largest absolute Gasteiger partial charge is 0.0582 e. The molecule has 0 aliphatic heterocycles. The van der Waals surface area contributed by atoms with Crippen LogP contribution in [0.25, 0.3) is 0 Å². The second-order valence-electron chi connectivity index (χ2n) is 19.0. The van der Waals surface area contributed by atoms with Gasteiger partial charge in [-0.25, -0.2) is 0 Å². The zero-order valence-corrected chi connectivity index (χ0v) is 29.8. The number of hydrogen-bond donors (Lipinski definition) is 0. The fraction of sp³-hybridized carbons (Fsp3) is 0.692. The van der Waals surface area contributed by atoms with Gasteiger partial charge < -0.3 is 0 Å². The number of benzene rings is 2. The Bertz CT molecular complexity index is 1190. The topological polar surface area (TPSA) is 0 Å². The molecule has 0 nitrogen and oxygen atoms in total. The molecule has 2 rings (SSSR count). The van der Waals surface area contributed by atoms with E-state index in [1.807, 2.05) is 0 Å². The predicted molar refractivity (Wildman–Crippen MR) is 177 cm³/mol. The average molecular weight is 533 g/mol. The van der Waals surface area contributed by atoms with E-state index in [1.54, 1.807) is 11.1 Å². The first kappa shape index (κ1) is 33.6. The lowest BCUT2D eigenvalue weighted by Gasteiger charge is -2.46. The summed E-state index contributed by atoms with van der Waals surface area (Å²) < 4.78 is 0. The summed E-state index contributed by atoms with van der Waals surface area (Å²) in [5.41, 5.74) is 12.0. The molecule has 0 aliphatic carbocycles. The van der Waals surface area contributed by atoms with Crippen molar-refractivity contribution in [1.82, 2.24) is 0 Å². The zero-order valence-electron chi connectivity index (χ0n) is 29.8. The van der Waals surface area contributed by atoms with Crippen LogP contribution in [-0.2, 0) is 37.9 Å². The van der Waals surface area contributed by atoms with Gasteiger partial charge in [0.25, 0.3) is 0 Å². The first-order valence-electron chi connectivity index (χ1n) is 15.3. The van der Waals surface area contributed by atoms with Crippen LogP contribution in [0.4, 0.5) is 0 Å². The number of rotatable bonds is 2. The van der Waals surface area contributed by atoms with Crippen LogP contribution in [0.2, 0.25) is 0 Å². The molecule has 0 heterocycles. The molecule has 0 fully saturated rings. The van der Waals surface area contributed by atoms with Crippen molar-refractivity contribution in [3.05, 3.63) is 68.8 Å². The lowest BCUT2D eigenvalue weighted by molar-refractivity contribution is 0.463. The van der Waals surface area contributed by atoms with Gasteiger partial charge in [-0.3, -0.25) is 0 Å². The van der Waals surface area contributed by atoms with E-state index in [0.29, 0.717) is 0 Å². The summed E-state index contributed by atoms with van der Waals surface area (Å²) in [6.45, 7) is 48.1. The highest BCUT2D eigenvalue weighted by atomic mass is 14.5. The zero-order chi connectivity index (χ0) is 30.9. The molecule has 0 N–H and O–H groups in total. The maximum absolute atomic E-state index is 2.61. The normalized spacial score (nSPS) is 14.7. The minimum Gasteiger partial charge on any atom is -0.0582 e. The van der Waals surface area contributed by atoms with Gasteiger partial charge in [-0.15, -0.1) is 0 Å². The molecule has 0 aromatic heterocycles. The Morgan fingerprint density at radius 3 is 1.03 bits per heavy atom. The second kappa shape index (κ2) is 9.77. The van der Waals surface area contributed by atoms with Crippen molar-refractivity contribution in [1.29, 1.82) is 0 Å². The smallest absolute Gasteiger partial charge is 0.0155 e. The summed E-state index contributed by atoms with van der Waals surface area (Å²) in [6, 6.07) is 9.96. The van der Waals surface area contributed by atoms with Crippen molar-refractivity contribution >= 4 is 0 Å². The molecule has 2 aromatic rings. The molecule has 0 amide bonds. The third kappa shape index (κ3) is 6.85. The maximum atomic E-state index is 2.61. The van der Waals surface area contributed by atoms with E-state index >= 15 is 0 Å². The lowest BCUT2D eigenvalue weighted by Crippen LogP contribution is -2.37. The Morgan fingerprint density at radius 1 is 0.308 bits per heavy atom. The maximum Gasteiger partial charge on any atom is 0.0155 e. The molecular formula is C39H64. The highest BCUT2D eigenvalue weighted by Gasteiger charge is 2.43. The Hall–Kier alpha value is -1.56. The summed E-state index contributed by atoms with van der Waals surface area (Å²) >= 11 is 0. The summed E-state index contributed by atoms with van der Waals surface area (Å²) in [4.78, 5) is 0. The van der Waals surface area contributed by atoms with Gasteiger partial charge in [0.05, 0.1) is 0 Å². The van der Waals surface area contributed by atoms with Gasteiger partial charge in [0.1, 0.15) is 0 Å². The highest BCUT2D eigenvalue weighted by molar-refractivity contribution is 5.62. The molecule has 0 atom stereocenters. The third-order valence-corrected chi connectivity index (χ3v) is 8.44. The van der Waals surface area contributed by atoms with Crippen LogP contribution in [0.5, 0.6) is 0 Å². The van der Waals surface area contributed by atoms with E-state index in [1.165, 1.54) is 33.4 Å². The van der Waals surface area contributed by atoms with Gasteiger partial charge in [-0.2, -0.15) is 0 Å². The van der Waals surface area contributed by atoms with E-state index in [2.05, 4.69) is 163 Å². The quantitative estimate of drug-likeness (QED) is 0.361.